The number of aromatic nitrogens is 2. The maximum Gasteiger partial charge on any atom is 0.233 e. The summed E-state index contributed by atoms with van der Waals surface area (Å²) in [4.78, 5) is 25.3. The number of thiophene rings is 1. The molecule has 2 heterocycles. The first kappa shape index (κ1) is 20.8. The number of carbonyl (C=O) groups excluding carboxylic acids is 1. The van der Waals surface area contributed by atoms with Gasteiger partial charge in [0.1, 0.15) is 15.7 Å². The Hall–Kier alpha value is -2.94. The molecule has 0 atom stereocenters. The largest absolute Gasteiger partial charge is 0.340 e. The predicted molar refractivity (Wildman–Crippen MR) is 115 cm³/mol. The highest BCUT2D eigenvalue weighted by atomic mass is 32.2. The Kier molecular flexibility index (Phi) is 7.18. The number of carbonyl (C=O) groups is 1. The molecule has 1 amide bonds. The topological polar surface area (TPSA) is 93.7 Å². The van der Waals surface area contributed by atoms with Crippen molar-refractivity contribution in [3.05, 3.63) is 42.2 Å². The molecule has 0 aliphatic heterocycles. The molecule has 0 fully saturated rings. The number of benzene rings is 1. The molecule has 1 aromatic carbocycles. The number of nitriles is 2. The van der Waals surface area contributed by atoms with Crippen LogP contribution >= 0.6 is 23.1 Å². The smallest absolute Gasteiger partial charge is 0.233 e. The van der Waals surface area contributed by atoms with E-state index in [0.717, 1.165) is 25.7 Å². The van der Waals surface area contributed by atoms with Gasteiger partial charge in [-0.25, -0.2) is 9.97 Å². The number of amides is 1. The lowest BCUT2D eigenvalue weighted by Crippen LogP contribution is -2.34. The molecule has 0 aliphatic rings. The van der Waals surface area contributed by atoms with Gasteiger partial charge in [0, 0.05) is 23.4 Å². The lowest BCUT2D eigenvalue weighted by atomic mass is 10.2. The average molecular weight is 422 g/mol. The second kappa shape index (κ2) is 10.0. The Morgan fingerprint density at radius 2 is 1.83 bits per heavy atom. The average Bonchev–Trinajstić information content (AvgIpc) is 3.16. The van der Waals surface area contributed by atoms with Crippen molar-refractivity contribution in [2.75, 3.05) is 18.8 Å². The van der Waals surface area contributed by atoms with Crippen LogP contribution in [-0.2, 0) is 4.79 Å². The van der Waals surface area contributed by atoms with E-state index >= 15 is 0 Å². The van der Waals surface area contributed by atoms with Crippen LogP contribution in [0, 0.1) is 29.6 Å². The van der Waals surface area contributed by atoms with Gasteiger partial charge in [-0.05, 0) is 18.6 Å². The zero-order chi connectivity index (χ0) is 20.6. The summed E-state index contributed by atoms with van der Waals surface area (Å²) in [5.41, 5.74) is 1.12. The highest BCUT2D eigenvalue weighted by molar-refractivity contribution is 8.00. The molecule has 29 heavy (non-hydrogen) atoms. The lowest BCUT2D eigenvalue weighted by Gasteiger charge is -2.20. The van der Waals surface area contributed by atoms with Gasteiger partial charge in [0.15, 0.2) is 0 Å². The minimum Gasteiger partial charge on any atom is -0.340 e. The van der Waals surface area contributed by atoms with Crippen LogP contribution in [0.25, 0.3) is 20.7 Å². The third-order valence-corrected chi connectivity index (χ3v) is 6.25. The molecule has 0 radical (unpaired) electrons. The van der Waals surface area contributed by atoms with Crippen molar-refractivity contribution in [1.82, 2.24) is 14.9 Å². The summed E-state index contributed by atoms with van der Waals surface area (Å²) in [6.45, 7) is 2.53. The van der Waals surface area contributed by atoms with Crippen molar-refractivity contribution in [1.29, 1.82) is 10.5 Å². The lowest BCUT2D eigenvalue weighted by molar-refractivity contribution is -0.128. The molecule has 0 N–H and O–H groups in total. The van der Waals surface area contributed by atoms with Crippen molar-refractivity contribution in [2.45, 2.75) is 24.8 Å². The van der Waals surface area contributed by atoms with Gasteiger partial charge < -0.3 is 4.90 Å². The van der Waals surface area contributed by atoms with Crippen LogP contribution in [0.15, 0.2) is 41.4 Å². The van der Waals surface area contributed by atoms with E-state index in [1.807, 2.05) is 25.1 Å². The molecule has 6 nitrogen and oxygen atoms in total. The molecule has 0 bridgehead atoms. The molecule has 146 valence electrons. The molecular weight excluding hydrogens is 402 g/mol. The number of thioether (sulfide) groups is 1. The minimum atomic E-state index is -0.0940. The first-order chi connectivity index (χ1) is 14.1. The summed E-state index contributed by atoms with van der Waals surface area (Å²) in [7, 11) is 0. The van der Waals surface area contributed by atoms with Gasteiger partial charge in [0.25, 0.3) is 0 Å². The van der Waals surface area contributed by atoms with E-state index in [2.05, 4.69) is 40.3 Å². The molecule has 0 unspecified atom stereocenters. The van der Waals surface area contributed by atoms with Gasteiger partial charge in [0.2, 0.25) is 5.91 Å². The first-order valence-corrected chi connectivity index (χ1v) is 10.9. The fourth-order valence-electron chi connectivity index (χ4n) is 2.80. The molecule has 3 rings (SSSR count). The molecule has 0 aliphatic carbocycles. The van der Waals surface area contributed by atoms with Gasteiger partial charge in [-0.2, -0.15) is 10.5 Å². The van der Waals surface area contributed by atoms with Crippen LogP contribution in [0.4, 0.5) is 0 Å². The first-order valence-electron chi connectivity index (χ1n) is 9.10. The second-order valence-electron chi connectivity index (χ2n) is 6.26. The SMILES string of the molecule is Cc1nc(SCC(=O)N(CCC#N)CCC#N)c2cc(-c3ccccc3)sc2n1. The maximum atomic E-state index is 12.6. The fourth-order valence-corrected chi connectivity index (χ4v) is 4.90. The third kappa shape index (κ3) is 5.32. The number of hydrogen-bond donors (Lipinski definition) is 0. The molecule has 0 saturated carbocycles. The third-order valence-electron chi connectivity index (χ3n) is 4.20. The van der Waals surface area contributed by atoms with Crippen molar-refractivity contribution < 1.29 is 4.79 Å². The van der Waals surface area contributed by atoms with E-state index < -0.39 is 0 Å². The molecule has 8 heteroatoms. The van der Waals surface area contributed by atoms with E-state index in [1.54, 1.807) is 16.2 Å². The van der Waals surface area contributed by atoms with Crippen LogP contribution in [0.3, 0.4) is 0 Å². The van der Waals surface area contributed by atoms with Crippen LogP contribution in [-0.4, -0.2) is 39.6 Å². The number of fused-ring (bicyclic) bond motifs is 1. The predicted octanol–water partition coefficient (Wildman–Crippen LogP) is 4.41. The van der Waals surface area contributed by atoms with Crippen LogP contribution < -0.4 is 0 Å². The van der Waals surface area contributed by atoms with Crippen LogP contribution in [0.5, 0.6) is 0 Å². The number of rotatable bonds is 8. The van der Waals surface area contributed by atoms with Gasteiger partial charge >= 0.3 is 0 Å². The fraction of sp³-hybridized carbons (Fsp3) is 0.286. The van der Waals surface area contributed by atoms with E-state index in [1.165, 1.54) is 11.8 Å². The minimum absolute atomic E-state index is 0.0940. The van der Waals surface area contributed by atoms with Crippen molar-refractivity contribution >= 4 is 39.2 Å². The summed E-state index contributed by atoms with van der Waals surface area (Å²) >= 11 is 2.98. The quantitative estimate of drug-likeness (QED) is 0.395. The Balaban J connectivity index is 1.80. The highest BCUT2D eigenvalue weighted by Gasteiger charge is 2.17. The standard InChI is InChI=1S/C21H19N5OS2/c1-15-24-20(28-14-19(27)26(11-5-9-22)12-6-10-23)17-13-18(29-21(17)25-15)16-7-3-2-4-8-16/h2-4,7-8,13H,5-6,11-12,14H2,1H3. The zero-order valence-corrected chi connectivity index (χ0v) is 17.6. The summed E-state index contributed by atoms with van der Waals surface area (Å²) in [6.07, 6.45) is 0.507. The van der Waals surface area contributed by atoms with Crippen molar-refractivity contribution in [2.24, 2.45) is 0 Å². The zero-order valence-electron chi connectivity index (χ0n) is 16.0. The number of aryl methyl sites for hydroxylation is 1. The molecule has 3 aromatic rings. The Morgan fingerprint density at radius 3 is 2.48 bits per heavy atom. The van der Waals surface area contributed by atoms with Crippen molar-refractivity contribution in [3.8, 4) is 22.6 Å². The van der Waals surface area contributed by atoms with E-state index in [-0.39, 0.29) is 24.5 Å². The Labute approximate surface area is 177 Å². The molecule has 0 saturated heterocycles. The van der Waals surface area contributed by atoms with Crippen molar-refractivity contribution in [3.63, 3.8) is 0 Å². The molecular formula is C21H19N5OS2. The second-order valence-corrected chi connectivity index (χ2v) is 8.25. The normalized spacial score (nSPS) is 10.4. The monoisotopic (exact) mass is 421 g/mol. The summed E-state index contributed by atoms with van der Waals surface area (Å²) < 4.78 is 0. The number of nitrogens with zero attached hydrogens (tertiary/aromatic N) is 5. The van der Waals surface area contributed by atoms with Gasteiger partial charge in [0.05, 0.1) is 30.7 Å². The van der Waals surface area contributed by atoms with E-state index in [0.29, 0.717) is 18.9 Å². The molecule has 2 aromatic heterocycles. The number of hydrogen-bond acceptors (Lipinski definition) is 7. The highest BCUT2D eigenvalue weighted by Crippen LogP contribution is 2.36. The Bertz CT molecular complexity index is 1060. The van der Waals surface area contributed by atoms with Gasteiger partial charge in [-0.3, -0.25) is 4.79 Å². The van der Waals surface area contributed by atoms with E-state index in [9.17, 15) is 4.79 Å². The van der Waals surface area contributed by atoms with E-state index in [4.69, 9.17) is 10.5 Å². The molecule has 0 spiro atoms. The van der Waals surface area contributed by atoms with Gasteiger partial charge in [-0.1, -0.05) is 42.1 Å². The van der Waals surface area contributed by atoms with Gasteiger partial charge in [-0.15, -0.1) is 11.3 Å². The summed E-state index contributed by atoms with van der Waals surface area (Å²) in [5, 5.41) is 19.3. The summed E-state index contributed by atoms with van der Waals surface area (Å²) in [6, 6.07) is 16.3. The Morgan fingerprint density at radius 1 is 1.14 bits per heavy atom. The summed E-state index contributed by atoms with van der Waals surface area (Å²) in [5.74, 6) is 0.780. The maximum absolute atomic E-state index is 12.6. The van der Waals surface area contributed by atoms with Crippen LogP contribution in [0.2, 0.25) is 0 Å². The van der Waals surface area contributed by atoms with Crippen LogP contribution in [0.1, 0.15) is 18.7 Å².